The van der Waals surface area contributed by atoms with Gasteiger partial charge in [-0.25, -0.2) is 8.42 Å². The topological polar surface area (TPSA) is 69.4 Å². The van der Waals surface area contributed by atoms with Crippen molar-refractivity contribution < 1.29 is 13.2 Å². The molecule has 4 nitrogen and oxygen atoms in total. The molecule has 0 amide bonds. The molecule has 0 saturated carbocycles. The number of benzene rings is 2. The van der Waals surface area contributed by atoms with Gasteiger partial charge in [-0.1, -0.05) is 18.2 Å². The van der Waals surface area contributed by atoms with Crippen LogP contribution in [0.1, 0.15) is 5.56 Å². The van der Waals surface area contributed by atoms with Crippen LogP contribution in [0, 0.1) is 6.92 Å². The van der Waals surface area contributed by atoms with Crippen LogP contribution in [0.15, 0.2) is 53.4 Å². The molecular formula is C15H17NO3S. The number of hydrogen-bond donors (Lipinski definition) is 1. The van der Waals surface area contributed by atoms with E-state index in [4.69, 9.17) is 10.5 Å². The molecule has 0 saturated heterocycles. The second kappa shape index (κ2) is 5.96. The normalized spacial score (nSPS) is 11.2. The second-order valence-electron chi connectivity index (χ2n) is 4.50. The van der Waals surface area contributed by atoms with Crippen molar-refractivity contribution in [3.63, 3.8) is 0 Å². The lowest BCUT2D eigenvalue weighted by atomic mass is 10.2. The fourth-order valence-corrected chi connectivity index (χ4v) is 2.92. The third-order valence-corrected chi connectivity index (χ3v) is 4.64. The Labute approximate surface area is 119 Å². The van der Waals surface area contributed by atoms with E-state index in [1.54, 1.807) is 31.2 Å². The summed E-state index contributed by atoms with van der Waals surface area (Å²) >= 11 is 0. The summed E-state index contributed by atoms with van der Waals surface area (Å²) in [6.07, 6.45) is 0. The van der Waals surface area contributed by atoms with Crippen molar-refractivity contribution in [2.24, 2.45) is 0 Å². The summed E-state index contributed by atoms with van der Waals surface area (Å²) in [4.78, 5) is 0.279. The minimum absolute atomic E-state index is 0.0642. The zero-order valence-corrected chi connectivity index (χ0v) is 12.1. The highest BCUT2D eigenvalue weighted by atomic mass is 32.2. The molecule has 0 aliphatic heterocycles. The van der Waals surface area contributed by atoms with Gasteiger partial charge in [-0.15, -0.1) is 0 Å². The average molecular weight is 291 g/mol. The highest BCUT2D eigenvalue weighted by Crippen LogP contribution is 2.18. The molecule has 2 aromatic carbocycles. The number of rotatable bonds is 5. The van der Waals surface area contributed by atoms with Crippen molar-refractivity contribution in [1.82, 2.24) is 0 Å². The molecule has 0 aliphatic rings. The average Bonchev–Trinajstić information content (AvgIpc) is 2.43. The van der Waals surface area contributed by atoms with E-state index >= 15 is 0 Å². The summed E-state index contributed by atoms with van der Waals surface area (Å²) in [7, 11) is -3.35. The highest BCUT2D eigenvalue weighted by molar-refractivity contribution is 7.91. The first-order valence-corrected chi connectivity index (χ1v) is 7.91. The van der Waals surface area contributed by atoms with Gasteiger partial charge < -0.3 is 10.5 Å². The van der Waals surface area contributed by atoms with E-state index in [0.29, 0.717) is 11.4 Å². The van der Waals surface area contributed by atoms with Gasteiger partial charge in [0.15, 0.2) is 9.84 Å². The van der Waals surface area contributed by atoms with Crippen molar-refractivity contribution in [1.29, 1.82) is 0 Å². The lowest BCUT2D eigenvalue weighted by molar-refractivity contribution is 0.341. The van der Waals surface area contributed by atoms with E-state index in [1.807, 2.05) is 18.2 Å². The molecule has 2 aromatic rings. The summed E-state index contributed by atoms with van der Waals surface area (Å²) in [5, 5.41) is 0. The third-order valence-electron chi connectivity index (χ3n) is 2.96. The number of anilines is 1. The Kier molecular flexibility index (Phi) is 4.29. The summed E-state index contributed by atoms with van der Waals surface area (Å²) in [6, 6.07) is 13.9. The Balaban J connectivity index is 2.02. The molecule has 0 unspecified atom stereocenters. The zero-order chi connectivity index (χ0) is 14.6. The minimum atomic E-state index is -3.35. The molecule has 0 spiro atoms. The summed E-state index contributed by atoms with van der Waals surface area (Å²) < 4.78 is 29.7. The maximum absolute atomic E-state index is 12.2. The van der Waals surface area contributed by atoms with Crippen LogP contribution in [0.25, 0.3) is 0 Å². The van der Waals surface area contributed by atoms with Crippen LogP contribution in [0.4, 0.5) is 5.69 Å². The molecule has 0 atom stereocenters. The molecule has 0 fully saturated rings. The largest absolute Gasteiger partial charge is 0.493 e. The van der Waals surface area contributed by atoms with Gasteiger partial charge in [0, 0.05) is 5.69 Å². The predicted octanol–water partition coefficient (Wildman–Crippen LogP) is 2.43. The molecule has 0 aliphatic carbocycles. The van der Waals surface area contributed by atoms with Gasteiger partial charge in [0.1, 0.15) is 12.4 Å². The first kappa shape index (κ1) is 14.4. The van der Waals surface area contributed by atoms with E-state index in [2.05, 4.69) is 0 Å². The minimum Gasteiger partial charge on any atom is -0.493 e. The third kappa shape index (κ3) is 3.51. The molecule has 0 heterocycles. The second-order valence-corrected chi connectivity index (χ2v) is 6.61. The van der Waals surface area contributed by atoms with Crippen LogP contribution in [0.3, 0.4) is 0 Å². The van der Waals surface area contributed by atoms with Crippen molar-refractivity contribution in [3.8, 4) is 5.75 Å². The SMILES string of the molecule is Cc1cc(S(=O)(=O)CCOc2ccccc2)ccc1N. The Morgan fingerprint density at radius 2 is 1.80 bits per heavy atom. The zero-order valence-electron chi connectivity index (χ0n) is 11.2. The summed E-state index contributed by atoms with van der Waals surface area (Å²) in [5.74, 6) is 0.599. The number of nitrogen functional groups attached to an aromatic ring is 1. The number of hydrogen-bond acceptors (Lipinski definition) is 4. The molecule has 106 valence electrons. The predicted molar refractivity (Wildman–Crippen MR) is 79.6 cm³/mol. The monoisotopic (exact) mass is 291 g/mol. The fourth-order valence-electron chi connectivity index (χ4n) is 1.75. The highest BCUT2D eigenvalue weighted by Gasteiger charge is 2.15. The maximum atomic E-state index is 12.2. The van der Waals surface area contributed by atoms with Crippen LogP contribution in [0.5, 0.6) is 5.75 Å². The van der Waals surface area contributed by atoms with Crippen LogP contribution in [-0.4, -0.2) is 20.8 Å². The van der Waals surface area contributed by atoms with E-state index in [-0.39, 0.29) is 17.3 Å². The standard InChI is InChI=1S/C15H17NO3S/c1-12-11-14(7-8-15(12)16)20(17,18)10-9-19-13-5-3-2-4-6-13/h2-8,11H,9-10,16H2,1H3. The molecule has 20 heavy (non-hydrogen) atoms. The smallest absolute Gasteiger partial charge is 0.181 e. The summed E-state index contributed by atoms with van der Waals surface area (Å²) in [5.41, 5.74) is 7.04. The molecular weight excluding hydrogens is 274 g/mol. The van der Waals surface area contributed by atoms with Crippen LogP contribution < -0.4 is 10.5 Å². The Morgan fingerprint density at radius 1 is 1.10 bits per heavy atom. The first-order chi connectivity index (χ1) is 9.49. The first-order valence-electron chi connectivity index (χ1n) is 6.26. The lowest BCUT2D eigenvalue weighted by Crippen LogP contribution is -2.14. The molecule has 0 bridgehead atoms. The maximum Gasteiger partial charge on any atom is 0.181 e. The van der Waals surface area contributed by atoms with Gasteiger partial charge >= 0.3 is 0 Å². The van der Waals surface area contributed by atoms with Gasteiger partial charge in [0.05, 0.1) is 10.6 Å². The summed E-state index contributed by atoms with van der Waals surface area (Å²) in [6.45, 7) is 1.91. The van der Waals surface area contributed by atoms with E-state index in [9.17, 15) is 8.42 Å². The van der Waals surface area contributed by atoms with Crippen molar-refractivity contribution in [2.75, 3.05) is 18.1 Å². The number of nitrogens with two attached hydrogens (primary N) is 1. The Morgan fingerprint density at radius 3 is 2.45 bits per heavy atom. The number of ether oxygens (including phenoxy) is 1. The molecule has 0 aromatic heterocycles. The number of para-hydroxylation sites is 1. The Bertz CT molecular complexity index is 682. The number of sulfone groups is 1. The van der Waals surface area contributed by atoms with Crippen molar-refractivity contribution >= 4 is 15.5 Å². The van der Waals surface area contributed by atoms with Gasteiger partial charge in [-0.3, -0.25) is 0 Å². The van der Waals surface area contributed by atoms with Crippen molar-refractivity contribution in [3.05, 3.63) is 54.1 Å². The van der Waals surface area contributed by atoms with Crippen molar-refractivity contribution in [2.45, 2.75) is 11.8 Å². The fraction of sp³-hybridized carbons (Fsp3) is 0.200. The van der Waals surface area contributed by atoms with Gasteiger partial charge in [-0.2, -0.15) is 0 Å². The molecule has 2 N–H and O–H groups in total. The van der Waals surface area contributed by atoms with E-state index < -0.39 is 9.84 Å². The van der Waals surface area contributed by atoms with Crippen LogP contribution in [-0.2, 0) is 9.84 Å². The van der Waals surface area contributed by atoms with Crippen LogP contribution in [0.2, 0.25) is 0 Å². The molecule has 5 heteroatoms. The van der Waals surface area contributed by atoms with Crippen LogP contribution >= 0.6 is 0 Å². The number of aryl methyl sites for hydroxylation is 1. The van der Waals surface area contributed by atoms with Gasteiger partial charge in [0.2, 0.25) is 0 Å². The quantitative estimate of drug-likeness (QED) is 0.859. The lowest BCUT2D eigenvalue weighted by Gasteiger charge is -2.08. The van der Waals surface area contributed by atoms with E-state index in [1.165, 1.54) is 6.07 Å². The molecule has 0 radical (unpaired) electrons. The van der Waals surface area contributed by atoms with Gasteiger partial charge in [0.25, 0.3) is 0 Å². The Hall–Kier alpha value is -2.01. The van der Waals surface area contributed by atoms with E-state index in [0.717, 1.165) is 5.56 Å². The molecule has 2 rings (SSSR count). The van der Waals surface area contributed by atoms with Gasteiger partial charge in [-0.05, 0) is 42.8 Å².